The van der Waals surface area contributed by atoms with Crippen molar-refractivity contribution in [2.75, 3.05) is 39.9 Å². The molecule has 0 spiro atoms. The highest BCUT2D eigenvalue weighted by atomic mass is 16.5. The Balaban J connectivity index is 2.48. The van der Waals surface area contributed by atoms with Gasteiger partial charge in [0.2, 0.25) is 5.91 Å². The summed E-state index contributed by atoms with van der Waals surface area (Å²) in [5.74, 6) is 0.0336. The first kappa shape index (κ1) is 15.4. The Bertz CT molecular complexity index is 284. The lowest BCUT2D eigenvalue weighted by Crippen LogP contribution is -2.58. The van der Waals surface area contributed by atoms with E-state index in [0.29, 0.717) is 6.54 Å². The fourth-order valence-corrected chi connectivity index (χ4v) is 1.91. The van der Waals surface area contributed by atoms with Crippen LogP contribution in [0.1, 0.15) is 27.7 Å². The number of nitrogens with one attached hydrogen (secondary N) is 2. The second-order valence-electron chi connectivity index (χ2n) is 5.97. The molecule has 0 aromatic carbocycles. The van der Waals surface area contributed by atoms with E-state index in [9.17, 15) is 4.79 Å². The molecule has 1 saturated heterocycles. The number of ether oxygens (including phenoxy) is 1. The smallest absolute Gasteiger partial charge is 0.239 e. The van der Waals surface area contributed by atoms with Gasteiger partial charge < -0.3 is 15.4 Å². The summed E-state index contributed by atoms with van der Waals surface area (Å²) in [7, 11) is 1.80. The van der Waals surface area contributed by atoms with Crippen molar-refractivity contribution in [2.45, 2.75) is 38.8 Å². The van der Waals surface area contributed by atoms with Crippen molar-refractivity contribution in [1.82, 2.24) is 15.5 Å². The van der Waals surface area contributed by atoms with E-state index in [4.69, 9.17) is 4.74 Å². The third-order valence-electron chi connectivity index (χ3n) is 3.74. The molecule has 0 aromatic heterocycles. The lowest BCUT2D eigenvalue weighted by Gasteiger charge is -2.41. The van der Waals surface area contributed by atoms with Crippen LogP contribution in [0.5, 0.6) is 0 Å². The predicted octanol–water partition coefficient (Wildman–Crippen LogP) is 0.211. The summed E-state index contributed by atoms with van der Waals surface area (Å²) in [6.45, 7) is 12.1. The standard InChI is InChI=1S/C13H27N3O2/c1-12(2,16-6-8-18-9-7-16)10-15-11(17)13(3,4)14-5/h14H,6-10H2,1-5H3,(H,15,17). The van der Waals surface area contributed by atoms with Gasteiger partial charge in [-0.3, -0.25) is 9.69 Å². The maximum atomic E-state index is 12.0. The monoisotopic (exact) mass is 257 g/mol. The Kier molecular flexibility index (Phi) is 5.13. The van der Waals surface area contributed by atoms with E-state index in [-0.39, 0.29) is 11.4 Å². The van der Waals surface area contributed by atoms with Gasteiger partial charge in [0.05, 0.1) is 18.8 Å². The van der Waals surface area contributed by atoms with Crippen LogP contribution in [0.4, 0.5) is 0 Å². The van der Waals surface area contributed by atoms with Crippen LogP contribution in [0, 0.1) is 0 Å². The highest BCUT2D eigenvalue weighted by Crippen LogP contribution is 2.15. The summed E-state index contributed by atoms with van der Waals surface area (Å²) < 4.78 is 5.35. The fourth-order valence-electron chi connectivity index (χ4n) is 1.91. The van der Waals surface area contributed by atoms with Crippen molar-refractivity contribution in [1.29, 1.82) is 0 Å². The molecule has 2 N–H and O–H groups in total. The van der Waals surface area contributed by atoms with E-state index in [0.717, 1.165) is 26.3 Å². The third kappa shape index (κ3) is 3.93. The zero-order valence-corrected chi connectivity index (χ0v) is 12.3. The van der Waals surface area contributed by atoms with Crippen LogP contribution >= 0.6 is 0 Å². The molecule has 0 saturated carbocycles. The largest absolute Gasteiger partial charge is 0.379 e. The van der Waals surface area contributed by atoms with Crippen LogP contribution in [0.25, 0.3) is 0 Å². The van der Waals surface area contributed by atoms with Crippen molar-refractivity contribution in [3.63, 3.8) is 0 Å². The summed E-state index contributed by atoms with van der Waals surface area (Å²) in [5.41, 5.74) is -0.565. The first-order valence-corrected chi connectivity index (χ1v) is 6.59. The Hall–Kier alpha value is -0.650. The molecule has 1 aliphatic rings. The maximum Gasteiger partial charge on any atom is 0.239 e. The summed E-state index contributed by atoms with van der Waals surface area (Å²) >= 11 is 0. The molecule has 1 amide bonds. The number of hydrogen-bond donors (Lipinski definition) is 2. The lowest BCUT2D eigenvalue weighted by atomic mass is 10.00. The Labute approximate surface area is 110 Å². The van der Waals surface area contributed by atoms with E-state index < -0.39 is 5.54 Å². The van der Waals surface area contributed by atoms with E-state index in [2.05, 4.69) is 29.4 Å². The lowest BCUT2D eigenvalue weighted by molar-refractivity contribution is -0.127. The van der Waals surface area contributed by atoms with E-state index in [1.807, 2.05) is 13.8 Å². The minimum atomic E-state index is -0.527. The first-order valence-electron chi connectivity index (χ1n) is 6.59. The molecule has 5 heteroatoms. The minimum absolute atomic E-state index is 0.0336. The zero-order valence-electron chi connectivity index (χ0n) is 12.3. The molecule has 0 radical (unpaired) electrons. The molecular formula is C13H27N3O2. The molecule has 18 heavy (non-hydrogen) atoms. The van der Waals surface area contributed by atoms with Crippen LogP contribution < -0.4 is 10.6 Å². The van der Waals surface area contributed by atoms with Crippen molar-refractivity contribution in [3.8, 4) is 0 Å². The average molecular weight is 257 g/mol. The topological polar surface area (TPSA) is 53.6 Å². The number of morpholine rings is 1. The normalized spacial score (nSPS) is 18.7. The predicted molar refractivity (Wildman–Crippen MR) is 72.6 cm³/mol. The second kappa shape index (κ2) is 5.99. The van der Waals surface area contributed by atoms with Crippen molar-refractivity contribution in [2.24, 2.45) is 0 Å². The number of nitrogens with zero attached hydrogens (tertiary/aromatic N) is 1. The van der Waals surface area contributed by atoms with E-state index >= 15 is 0 Å². The van der Waals surface area contributed by atoms with Crippen LogP contribution in [-0.4, -0.2) is 61.8 Å². The van der Waals surface area contributed by atoms with Gasteiger partial charge in [-0.1, -0.05) is 0 Å². The molecule has 0 atom stereocenters. The van der Waals surface area contributed by atoms with Crippen molar-refractivity contribution < 1.29 is 9.53 Å². The third-order valence-corrected chi connectivity index (χ3v) is 3.74. The first-order chi connectivity index (χ1) is 8.29. The maximum absolute atomic E-state index is 12.0. The Morgan fingerprint density at radius 3 is 2.28 bits per heavy atom. The van der Waals surface area contributed by atoms with Crippen molar-refractivity contribution in [3.05, 3.63) is 0 Å². The summed E-state index contributed by atoms with van der Waals surface area (Å²) in [6.07, 6.45) is 0. The molecule has 0 aromatic rings. The van der Waals surface area contributed by atoms with E-state index in [1.54, 1.807) is 7.05 Å². The van der Waals surface area contributed by atoms with Crippen LogP contribution in [0.2, 0.25) is 0 Å². The van der Waals surface area contributed by atoms with Gasteiger partial charge in [0.15, 0.2) is 0 Å². The SMILES string of the molecule is CNC(C)(C)C(=O)NCC(C)(C)N1CCOCC1. The molecule has 5 nitrogen and oxygen atoms in total. The number of amides is 1. The Morgan fingerprint density at radius 1 is 1.22 bits per heavy atom. The molecule has 0 unspecified atom stereocenters. The summed E-state index contributed by atoms with van der Waals surface area (Å²) in [6, 6.07) is 0. The van der Waals surface area contributed by atoms with Crippen LogP contribution in [0.15, 0.2) is 0 Å². The molecule has 1 heterocycles. The van der Waals surface area contributed by atoms with Gasteiger partial charge in [-0.2, -0.15) is 0 Å². The van der Waals surface area contributed by atoms with Crippen LogP contribution in [-0.2, 0) is 9.53 Å². The highest BCUT2D eigenvalue weighted by Gasteiger charge is 2.31. The van der Waals surface area contributed by atoms with Gasteiger partial charge in [-0.25, -0.2) is 0 Å². The van der Waals surface area contributed by atoms with Crippen molar-refractivity contribution >= 4 is 5.91 Å². The number of carbonyl (C=O) groups excluding carboxylic acids is 1. The molecule has 1 fully saturated rings. The zero-order chi connectivity index (χ0) is 13.8. The molecule has 1 aliphatic heterocycles. The highest BCUT2D eigenvalue weighted by molar-refractivity contribution is 5.85. The molecule has 0 aliphatic carbocycles. The number of likely N-dealkylation sites (N-methyl/N-ethyl adjacent to an activating group) is 1. The average Bonchev–Trinajstić information content (AvgIpc) is 2.37. The van der Waals surface area contributed by atoms with Gasteiger partial charge >= 0.3 is 0 Å². The number of hydrogen-bond acceptors (Lipinski definition) is 4. The van der Waals surface area contributed by atoms with Gasteiger partial charge in [0.1, 0.15) is 0 Å². The quantitative estimate of drug-likeness (QED) is 0.739. The van der Waals surface area contributed by atoms with Gasteiger partial charge in [0, 0.05) is 25.2 Å². The summed E-state index contributed by atoms with van der Waals surface area (Å²) in [4.78, 5) is 14.4. The summed E-state index contributed by atoms with van der Waals surface area (Å²) in [5, 5.41) is 6.04. The minimum Gasteiger partial charge on any atom is -0.379 e. The van der Waals surface area contributed by atoms with Gasteiger partial charge in [0.25, 0.3) is 0 Å². The molecule has 106 valence electrons. The second-order valence-corrected chi connectivity index (χ2v) is 5.97. The van der Waals surface area contributed by atoms with Gasteiger partial charge in [-0.15, -0.1) is 0 Å². The molecule has 0 bridgehead atoms. The number of carbonyl (C=O) groups is 1. The molecular weight excluding hydrogens is 230 g/mol. The van der Waals surface area contributed by atoms with Gasteiger partial charge in [-0.05, 0) is 34.7 Å². The van der Waals surface area contributed by atoms with E-state index in [1.165, 1.54) is 0 Å². The van der Waals surface area contributed by atoms with Crippen LogP contribution in [0.3, 0.4) is 0 Å². The fraction of sp³-hybridized carbons (Fsp3) is 0.923. The Morgan fingerprint density at radius 2 is 1.78 bits per heavy atom. The number of rotatable bonds is 5. The molecule has 1 rings (SSSR count).